The largest absolute Gasteiger partial charge is 0.514 e. The fourth-order valence-electron chi connectivity index (χ4n) is 6.23. The molecule has 3 amide bonds. The van der Waals surface area contributed by atoms with Gasteiger partial charge in [0.25, 0.3) is 5.91 Å². The van der Waals surface area contributed by atoms with Crippen LogP contribution in [0, 0.1) is 0 Å². The molecule has 2 saturated heterocycles. The first-order chi connectivity index (χ1) is 25.6. The molecule has 0 aromatic heterocycles. The van der Waals surface area contributed by atoms with Gasteiger partial charge in [0, 0.05) is 17.8 Å². The summed E-state index contributed by atoms with van der Waals surface area (Å²) in [5.74, 6) is -1.18. The van der Waals surface area contributed by atoms with Crippen molar-refractivity contribution < 1.29 is 42.9 Å². The Bertz CT molecular complexity index is 1930. The van der Waals surface area contributed by atoms with Crippen molar-refractivity contribution >= 4 is 47.5 Å². The van der Waals surface area contributed by atoms with Gasteiger partial charge in [0.05, 0.1) is 0 Å². The van der Waals surface area contributed by atoms with E-state index < -0.39 is 58.9 Å². The third-order valence-corrected chi connectivity index (χ3v) is 9.74. The standard InChI is InChI=1S/C41H43N3O9S/c1-40(2,3)52-38(48)42-31-35(46)44-32(37(47)51-33(25-13-9-7-10-14-25)26-15-11-8-12-16-26)28(24-54-36(31)44)23-27-21-22-43(34(27)45)29-17-19-30(20-18-29)50-39(49)53-41(4,5)6/h7-20,23-24,31-33,36H,21-22H2,1-6H3,(H,42,48)/b27-23+/t31-,32-,36-/m1/s1. The van der Waals surface area contributed by atoms with Crippen LogP contribution in [0.15, 0.2) is 108 Å². The Labute approximate surface area is 318 Å². The van der Waals surface area contributed by atoms with Gasteiger partial charge in [-0.15, -0.1) is 11.8 Å². The Morgan fingerprint density at radius 1 is 0.833 bits per heavy atom. The van der Waals surface area contributed by atoms with Gasteiger partial charge < -0.3 is 34.1 Å². The van der Waals surface area contributed by atoms with Crippen LogP contribution in [0.3, 0.4) is 0 Å². The normalized spacial score (nSPS) is 20.5. The van der Waals surface area contributed by atoms with Crippen LogP contribution < -0.4 is 15.0 Å². The number of thioether (sulfide) groups is 1. The van der Waals surface area contributed by atoms with E-state index in [1.807, 2.05) is 60.7 Å². The first-order valence-corrected chi connectivity index (χ1v) is 18.5. The minimum absolute atomic E-state index is 0.263. The summed E-state index contributed by atoms with van der Waals surface area (Å²) in [6.45, 7) is 10.8. The zero-order chi connectivity index (χ0) is 38.8. The van der Waals surface area contributed by atoms with Crippen molar-refractivity contribution in [1.29, 1.82) is 0 Å². The minimum Gasteiger partial charge on any atom is -0.451 e. The van der Waals surface area contributed by atoms with Crippen LogP contribution in [-0.2, 0) is 28.6 Å². The molecule has 6 rings (SSSR count). The summed E-state index contributed by atoms with van der Waals surface area (Å²) in [5.41, 5.74) is 1.44. The number of nitrogens with one attached hydrogen (secondary N) is 1. The maximum atomic E-state index is 14.4. The molecule has 3 aliphatic rings. The van der Waals surface area contributed by atoms with Crippen LogP contribution in [-0.4, -0.2) is 70.1 Å². The van der Waals surface area contributed by atoms with Gasteiger partial charge in [-0.1, -0.05) is 60.7 Å². The quantitative estimate of drug-likeness (QED) is 0.0836. The molecule has 0 spiro atoms. The van der Waals surface area contributed by atoms with Gasteiger partial charge in [-0.25, -0.2) is 14.4 Å². The Hall–Kier alpha value is -5.56. The smallest absolute Gasteiger partial charge is 0.451 e. The summed E-state index contributed by atoms with van der Waals surface area (Å²) in [7, 11) is 0. The van der Waals surface area contributed by atoms with Crippen molar-refractivity contribution in [3.05, 3.63) is 119 Å². The van der Waals surface area contributed by atoms with Gasteiger partial charge in [-0.2, -0.15) is 0 Å². The van der Waals surface area contributed by atoms with Gasteiger partial charge in [-0.3, -0.25) is 9.59 Å². The third kappa shape index (κ3) is 8.79. The van der Waals surface area contributed by atoms with Crippen molar-refractivity contribution in [3.8, 4) is 5.75 Å². The molecular weight excluding hydrogens is 711 g/mol. The molecule has 0 radical (unpaired) electrons. The Morgan fingerprint density at radius 3 is 2.00 bits per heavy atom. The van der Waals surface area contributed by atoms with Crippen molar-refractivity contribution in [2.24, 2.45) is 0 Å². The lowest BCUT2D eigenvalue weighted by Crippen LogP contribution is -2.74. The van der Waals surface area contributed by atoms with Gasteiger partial charge >= 0.3 is 18.2 Å². The molecule has 282 valence electrons. The van der Waals surface area contributed by atoms with Crippen molar-refractivity contribution in [1.82, 2.24) is 10.2 Å². The van der Waals surface area contributed by atoms with E-state index in [9.17, 15) is 24.0 Å². The highest BCUT2D eigenvalue weighted by Gasteiger charge is 2.56. The first-order valence-electron chi connectivity index (χ1n) is 17.6. The number of amides is 3. The molecule has 13 heteroatoms. The Kier molecular flexibility index (Phi) is 10.9. The van der Waals surface area contributed by atoms with Crippen LogP contribution >= 0.6 is 11.8 Å². The number of β-lactam (4-membered cyclic amide) rings is 1. The van der Waals surface area contributed by atoms with Crippen molar-refractivity contribution in [3.63, 3.8) is 0 Å². The number of carbonyl (C=O) groups excluding carboxylic acids is 5. The SMILES string of the molecule is CC(C)(C)OC(=O)N[C@@H]1C(=O)N2[C@@H](C(=O)OC(c3ccccc3)c3ccccc3)C(/C=C3\CCN(c4ccc(OC(=O)OC(C)(C)C)cc4)C3=O)=CS[C@H]12. The second kappa shape index (κ2) is 15.4. The van der Waals surface area contributed by atoms with Crippen molar-refractivity contribution in [2.45, 2.75) is 82.7 Å². The molecule has 1 N–H and O–H groups in total. The molecule has 0 saturated carbocycles. The molecule has 12 nitrogen and oxygen atoms in total. The van der Waals surface area contributed by atoms with Crippen molar-refractivity contribution in [2.75, 3.05) is 11.4 Å². The first kappa shape index (κ1) is 38.2. The number of hydrogen-bond acceptors (Lipinski definition) is 10. The van der Waals surface area contributed by atoms with Crippen LogP contribution in [0.5, 0.6) is 5.75 Å². The summed E-state index contributed by atoms with van der Waals surface area (Å²) >= 11 is 1.26. The number of ether oxygens (including phenoxy) is 4. The Morgan fingerprint density at radius 2 is 1.43 bits per heavy atom. The predicted molar refractivity (Wildman–Crippen MR) is 202 cm³/mol. The van der Waals surface area contributed by atoms with Gasteiger partial charge in [-0.05, 0) is 100 Å². The molecule has 0 bridgehead atoms. The van der Waals surface area contributed by atoms with E-state index in [4.69, 9.17) is 18.9 Å². The van der Waals surface area contributed by atoms with Gasteiger partial charge in [0.1, 0.15) is 28.4 Å². The third-order valence-electron chi connectivity index (χ3n) is 8.56. The molecule has 3 aliphatic heterocycles. The van der Waals surface area contributed by atoms with Crippen LogP contribution in [0.4, 0.5) is 15.3 Å². The number of fused-ring (bicyclic) bond motifs is 1. The molecule has 0 aliphatic carbocycles. The average molecular weight is 754 g/mol. The van der Waals surface area contributed by atoms with E-state index in [2.05, 4.69) is 5.32 Å². The van der Waals surface area contributed by atoms with Gasteiger partial charge in [0.15, 0.2) is 12.1 Å². The second-order valence-corrected chi connectivity index (χ2v) is 16.0. The molecule has 54 heavy (non-hydrogen) atoms. The number of rotatable bonds is 8. The predicted octanol–water partition coefficient (Wildman–Crippen LogP) is 7.06. The number of benzene rings is 3. The van der Waals surface area contributed by atoms with E-state index >= 15 is 0 Å². The summed E-state index contributed by atoms with van der Waals surface area (Å²) in [4.78, 5) is 69.7. The number of carbonyl (C=O) groups is 5. The topological polar surface area (TPSA) is 141 Å². The molecule has 3 aromatic carbocycles. The zero-order valence-electron chi connectivity index (χ0n) is 30.9. The van der Waals surface area contributed by atoms with E-state index in [1.165, 1.54) is 16.7 Å². The number of hydrogen-bond donors (Lipinski definition) is 1. The summed E-state index contributed by atoms with van der Waals surface area (Å²) in [5, 5.41) is 3.78. The Balaban J connectivity index is 1.26. The van der Waals surface area contributed by atoms with E-state index in [1.54, 1.807) is 82.2 Å². The summed E-state index contributed by atoms with van der Waals surface area (Å²) < 4.78 is 22.1. The molecule has 3 aromatic rings. The highest BCUT2D eigenvalue weighted by atomic mass is 32.2. The fraction of sp³-hybridized carbons (Fsp3) is 0.341. The molecule has 2 fully saturated rings. The molecule has 0 unspecified atom stereocenters. The summed E-state index contributed by atoms with van der Waals surface area (Å²) in [6.07, 6.45) is -0.334. The summed E-state index contributed by atoms with van der Waals surface area (Å²) in [6, 6.07) is 23.0. The van der Waals surface area contributed by atoms with E-state index in [0.717, 1.165) is 11.1 Å². The number of anilines is 1. The monoisotopic (exact) mass is 753 g/mol. The lowest BCUT2D eigenvalue weighted by molar-refractivity contribution is -0.164. The minimum atomic E-state index is -1.20. The maximum Gasteiger partial charge on any atom is 0.514 e. The highest BCUT2D eigenvalue weighted by molar-refractivity contribution is 8.03. The molecule has 3 heterocycles. The van der Waals surface area contributed by atoms with E-state index in [0.29, 0.717) is 29.8 Å². The van der Waals surface area contributed by atoms with E-state index in [-0.39, 0.29) is 11.7 Å². The average Bonchev–Trinajstić information content (AvgIpc) is 3.47. The lowest BCUT2D eigenvalue weighted by Gasteiger charge is -2.51. The molecular formula is C41H43N3O9S. The van der Waals surface area contributed by atoms with Gasteiger partial charge in [0.2, 0.25) is 5.91 Å². The zero-order valence-corrected chi connectivity index (χ0v) is 31.8. The van der Waals surface area contributed by atoms with Crippen LogP contribution in [0.25, 0.3) is 0 Å². The number of esters is 1. The fourth-order valence-corrected chi connectivity index (χ4v) is 7.42. The van der Waals surface area contributed by atoms with Crippen LogP contribution in [0.1, 0.15) is 65.2 Å². The highest BCUT2D eigenvalue weighted by Crippen LogP contribution is 2.42. The maximum absolute atomic E-state index is 14.4. The second-order valence-electron chi connectivity index (χ2n) is 15.0. The molecule has 3 atom stereocenters. The number of nitrogens with zero attached hydrogens (tertiary/aromatic N) is 2. The number of alkyl carbamates (subject to hydrolysis) is 1. The lowest BCUT2D eigenvalue weighted by atomic mass is 9.95. The van der Waals surface area contributed by atoms with Crippen LogP contribution in [0.2, 0.25) is 0 Å².